The first-order chi connectivity index (χ1) is 10.6. The van der Waals surface area contributed by atoms with Gasteiger partial charge in [-0.1, -0.05) is 12.1 Å². The van der Waals surface area contributed by atoms with Gasteiger partial charge in [0.05, 0.1) is 5.56 Å². The van der Waals surface area contributed by atoms with E-state index in [9.17, 15) is 4.79 Å². The summed E-state index contributed by atoms with van der Waals surface area (Å²) in [7, 11) is 0. The predicted molar refractivity (Wildman–Crippen MR) is 85.7 cm³/mol. The summed E-state index contributed by atoms with van der Waals surface area (Å²) in [5.74, 6) is -0.105. The van der Waals surface area contributed by atoms with Crippen LogP contribution in [0.3, 0.4) is 0 Å². The number of nitrogens with zero attached hydrogens (tertiary/aromatic N) is 3. The number of halogens is 1. The first kappa shape index (κ1) is 14.5. The van der Waals surface area contributed by atoms with Gasteiger partial charge in [-0.3, -0.25) is 4.98 Å². The summed E-state index contributed by atoms with van der Waals surface area (Å²) in [6, 6.07) is 8.79. The highest BCUT2D eigenvalue weighted by Crippen LogP contribution is 2.21. The van der Waals surface area contributed by atoms with Crippen LogP contribution in [0.4, 0.5) is 0 Å². The molecule has 0 unspecified atom stereocenters. The molecule has 0 aliphatic carbocycles. The molecule has 0 amide bonds. The minimum atomic E-state index is -0.921. The molecule has 0 radical (unpaired) electrons. The molecular formula is C16H12BrN3O2. The van der Waals surface area contributed by atoms with Crippen molar-refractivity contribution in [3.63, 3.8) is 0 Å². The fourth-order valence-corrected chi connectivity index (χ4v) is 2.55. The highest BCUT2D eigenvalue weighted by Gasteiger charge is 2.08. The second-order valence-corrected chi connectivity index (χ2v) is 5.69. The second kappa shape index (κ2) is 6.11. The molecule has 5 nitrogen and oxygen atoms in total. The van der Waals surface area contributed by atoms with Crippen molar-refractivity contribution < 1.29 is 9.90 Å². The lowest BCUT2D eigenvalue weighted by molar-refractivity contribution is 0.0697. The van der Waals surface area contributed by atoms with Gasteiger partial charge in [0.15, 0.2) is 0 Å². The Balaban J connectivity index is 1.88. The number of aromatic nitrogens is 3. The maximum Gasteiger partial charge on any atom is 0.335 e. The Morgan fingerprint density at radius 3 is 2.68 bits per heavy atom. The van der Waals surface area contributed by atoms with Crippen molar-refractivity contribution in [2.24, 2.45) is 0 Å². The number of carboxylic acid groups (broad SMARTS) is 1. The lowest BCUT2D eigenvalue weighted by Gasteiger charge is -2.08. The van der Waals surface area contributed by atoms with Gasteiger partial charge in [-0.05, 0) is 39.7 Å². The largest absolute Gasteiger partial charge is 0.478 e. The molecular weight excluding hydrogens is 346 g/mol. The third-order valence-electron chi connectivity index (χ3n) is 3.23. The van der Waals surface area contributed by atoms with E-state index < -0.39 is 5.97 Å². The zero-order valence-electron chi connectivity index (χ0n) is 11.5. The third kappa shape index (κ3) is 3.07. The van der Waals surface area contributed by atoms with Crippen LogP contribution >= 0.6 is 15.9 Å². The summed E-state index contributed by atoms with van der Waals surface area (Å²) in [6.07, 6.45) is 7.11. The molecule has 3 aromatic rings. The number of hydrogen-bond acceptors (Lipinski definition) is 3. The van der Waals surface area contributed by atoms with Crippen LogP contribution in [-0.2, 0) is 6.54 Å². The molecule has 1 N–H and O–H groups in total. The molecule has 0 saturated carbocycles. The standard InChI is InChI=1S/C16H12BrN3O2/c17-14-7-13(8-18-9-14)15-19-5-6-20(15)10-11-1-3-12(4-2-11)16(21)22/h1-9H,10H2,(H,21,22). The van der Waals surface area contributed by atoms with Gasteiger partial charge in [0, 0.05) is 41.4 Å². The fourth-order valence-electron chi connectivity index (χ4n) is 2.18. The summed E-state index contributed by atoms with van der Waals surface area (Å²) >= 11 is 3.41. The van der Waals surface area contributed by atoms with Crippen molar-refractivity contribution in [3.8, 4) is 11.4 Å². The van der Waals surface area contributed by atoms with Crippen LogP contribution in [0.5, 0.6) is 0 Å². The van der Waals surface area contributed by atoms with Gasteiger partial charge in [-0.15, -0.1) is 0 Å². The van der Waals surface area contributed by atoms with E-state index in [-0.39, 0.29) is 5.56 Å². The lowest BCUT2D eigenvalue weighted by Crippen LogP contribution is -2.02. The van der Waals surface area contributed by atoms with Crippen LogP contribution in [0.15, 0.2) is 59.6 Å². The Bertz CT molecular complexity index is 812. The molecule has 0 spiro atoms. The van der Waals surface area contributed by atoms with E-state index in [1.165, 1.54) is 0 Å². The Hall–Kier alpha value is -2.47. The van der Waals surface area contributed by atoms with E-state index in [1.54, 1.807) is 30.7 Å². The van der Waals surface area contributed by atoms with E-state index in [2.05, 4.69) is 25.9 Å². The molecule has 0 atom stereocenters. The number of imidazole rings is 1. The van der Waals surface area contributed by atoms with Gasteiger partial charge < -0.3 is 9.67 Å². The summed E-state index contributed by atoms with van der Waals surface area (Å²) in [6.45, 7) is 0.613. The van der Waals surface area contributed by atoms with Crippen LogP contribution in [0.25, 0.3) is 11.4 Å². The highest BCUT2D eigenvalue weighted by molar-refractivity contribution is 9.10. The van der Waals surface area contributed by atoms with Crippen molar-refractivity contribution in [2.45, 2.75) is 6.54 Å². The predicted octanol–water partition coefficient (Wildman–Crippen LogP) is 3.45. The average Bonchev–Trinajstić information content (AvgIpc) is 2.96. The quantitative estimate of drug-likeness (QED) is 0.776. The van der Waals surface area contributed by atoms with Gasteiger partial charge >= 0.3 is 5.97 Å². The lowest BCUT2D eigenvalue weighted by atomic mass is 10.1. The normalized spacial score (nSPS) is 10.6. The molecule has 6 heteroatoms. The SMILES string of the molecule is O=C(O)c1ccc(Cn2ccnc2-c2cncc(Br)c2)cc1. The molecule has 2 aromatic heterocycles. The van der Waals surface area contributed by atoms with E-state index in [4.69, 9.17) is 5.11 Å². The summed E-state index contributed by atoms with van der Waals surface area (Å²) in [5, 5.41) is 8.92. The fraction of sp³-hybridized carbons (Fsp3) is 0.0625. The van der Waals surface area contributed by atoms with Crippen molar-refractivity contribution in [3.05, 3.63) is 70.7 Å². The molecule has 0 aliphatic rings. The van der Waals surface area contributed by atoms with Crippen molar-refractivity contribution in [1.82, 2.24) is 14.5 Å². The van der Waals surface area contributed by atoms with E-state index in [0.29, 0.717) is 6.54 Å². The third-order valence-corrected chi connectivity index (χ3v) is 3.67. The van der Waals surface area contributed by atoms with Crippen molar-refractivity contribution >= 4 is 21.9 Å². The monoisotopic (exact) mass is 357 g/mol. The number of carboxylic acids is 1. The number of pyridine rings is 1. The van der Waals surface area contributed by atoms with E-state index >= 15 is 0 Å². The number of aromatic carboxylic acids is 1. The second-order valence-electron chi connectivity index (χ2n) is 4.77. The number of rotatable bonds is 4. The number of benzene rings is 1. The van der Waals surface area contributed by atoms with Crippen LogP contribution in [0.2, 0.25) is 0 Å². The molecule has 2 heterocycles. The molecule has 110 valence electrons. The Labute approximate surface area is 135 Å². The van der Waals surface area contributed by atoms with E-state index in [1.807, 2.05) is 29.0 Å². The van der Waals surface area contributed by atoms with Gasteiger partial charge in [-0.2, -0.15) is 0 Å². The zero-order chi connectivity index (χ0) is 15.5. The van der Waals surface area contributed by atoms with Gasteiger partial charge in [0.25, 0.3) is 0 Å². The van der Waals surface area contributed by atoms with Crippen molar-refractivity contribution in [1.29, 1.82) is 0 Å². The smallest absolute Gasteiger partial charge is 0.335 e. The first-order valence-electron chi connectivity index (χ1n) is 6.58. The Morgan fingerprint density at radius 2 is 2.00 bits per heavy atom. The molecule has 22 heavy (non-hydrogen) atoms. The molecule has 0 fully saturated rings. The molecule has 0 aliphatic heterocycles. The summed E-state index contributed by atoms with van der Waals surface area (Å²) < 4.78 is 2.89. The summed E-state index contributed by atoms with van der Waals surface area (Å²) in [5.41, 5.74) is 2.21. The first-order valence-corrected chi connectivity index (χ1v) is 7.37. The minimum Gasteiger partial charge on any atom is -0.478 e. The highest BCUT2D eigenvalue weighted by atomic mass is 79.9. The minimum absolute atomic E-state index is 0.283. The van der Waals surface area contributed by atoms with Crippen molar-refractivity contribution in [2.75, 3.05) is 0 Å². The maximum atomic E-state index is 10.9. The van der Waals surface area contributed by atoms with Crippen LogP contribution in [-0.4, -0.2) is 25.6 Å². The van der Waals surface area contributed by atoms with E-state index in [0.717, 1.165) is 21.4 Å². The molecule has 0 saturated heterocycles. The summed E-state index contributed by atoms with van der Waals surface area (Å²) in [4.78, 5) is 19.4. The number of carbonyl (C=O) groups is 1. The van der Waals surface area contributed by atoms with Gasteiger partial charge in [0.2, 0.25) is 0 Å². The van der Waals surface area contributed by atoms with Gasteiger partial charge in [0.1, 0.15) is 5.82 Å². The molecule has 0 bridgehead atoms. The maximum absolute atomic E-state index is 10.9. The average molecular weight is 358 g/mol. The van der Waals surface area contributed by atoms with Crippen LogP contribution in [0, 0.1) is 0 Å². The van der Waals surface area contributed by atoms with Crippen LogP contribution < -0.4 is 0 Å². The number of hydrogen-bond donors (Lipinski definition) is 1. The zero-order valence-corrected chi connectivity index (χ0v) is 13.1. The Morgan fingerprint density at radius 1 is 1.23 bits per heavy atom. The van der Waals surface area contributed by atoms with Crippen LogP contribution in [0.1, 0.15) is 15.9 Å². The van der Waals surface area contributed by atoms with Gasteiger partial charge in [-0.25, -0.2) is 9.78 Å². The molecule has 1 aromatic carbocycles. The molecule has 3 rings (SSSR count). The Kier molecular flexibility index (Phi) is 4.02. The topological polar surface area (TPSA) is 68.0 Å².